The van der Waals surface area contributed by atoms with Crippen LogP contribution in [0.3, 0.4) is 0 Å². The minimum absolute atomic E-state index is 0.0147. The molecule has 0 aliphatic rings. The van der Waals surface area contributed by atoms with Crippen LogP contribution in [0.2, 0.25) is 0 Å². The minimum atomic E-state index is -1.02. The van der Waals surface area contributed by atoms with Crippen molar-refractivity contribution in [2.45, 2.75) is 33.3 Å². The highest BCUT2D eigenvalue weighted by Gasteiger charge is 2.28. The summed E-state index contributed by atoms with van der Waals surface area (Å²) in [6, 6.07) is 5.64. The van der Waals surface area contributed by atoms with Gasteiger partial charge in [-0.3, -0.25) is 9.36 Å². The van der Waals surface area contributed by atoms with Crippen LogP contribution in [0.4, 0.5) is 0 Å². The number of nitriles is 1. The van der Waals surface area contributed by atoms with E-state index in [0.29, 0.717) is 11.6 Å². The smallest absolute Gasteiger partial charge is 0.256 e. The molecule has 1 atom stereocenters. The Morgan fingerprint density at radius 3 is 2.61 bits per heavy atom. The van der Waals surface area contributed by atoms with Crippen LogP contribution in [-0.2, 0) is 0 Å². The maximum atomic E-state index is 12.5. The van der Waals surface area contributed by atoms with Gasteiger partial charge in [-0.2, -0.15) is 5.26 Å². The van der Waals surface area contributed by atoms with Gasteiger partial charge in [-0.05, 0) is 31.9 Å². The summed E-state index contributed by atoms with van der Waals surface area (Å²) in [5, 5.41) is 22.3. The minimum Gasteiger partial charge on any atom is -0.443 e. The van der Waals surface area contributed by atoms with Crippen LogP contribution < -0.4 is 5.32 Å². The van der Waals surface area contributed by atoms with E-state index in [0.717, 1.165) is 0 Å². The van der Waals surface area contributed by atoms with Crippen molar-refractivity contribution in [3.05, 3.63) is 41.4 Å². The Morgan fingerprint density at radius 1 is 1.48 bits per heavy atom. The number of aliphatic hydroxyl groups is 1. The number of nitrogens with one attached hydrogen (secondary N) is 1. The van der Waals surface area contributed by atoms with Gasteiger partial charge in [0.15, 0.2) is 0 Å². The molecule has 23 heavy (non-hydrogen) atoms. The lowest BCUT2D eigenvalue weighted by atomic mass is 9.92. The van der Waals surface area contributed by atoms with Gasteiger partial charge in [-0.1, -0.05) is 13.8 Å². The van der Waals surface area contributed by atoms with Crippen LogP contribution in [0.15, 0.2) is 28.9 Å². The summed E-state index contributed by atoms with van der Waals surface area (Å²) < 4.78 is 7.24. The van der Waals surface area contributed by atoms with Crippen molar-refractivity contribution in [3.63, 3.8) is 0 Å². The fourth-order valence-corrected chi connectivity index (χ4v) is 2.11. The first-order valence-electron chi connectivity index (χ1n) is 7.45. The van der Waals surface area contributed by atoms with Crippen molar-refractivity contribution >= 4 is 5.91 Å². The third-order valence-electron chi connectivity index (χ3n) is 4.09. The molecule has 0 aromatic carbocycles. The molecule has 0 aliphatic heterocycles. The van der Waals surface area contributed by atoms with Gasteiger partial charge < -0.3 is 14.8 Å². The number of hydrogen-bond acceptors (Lipinski definition) is 4. The quantitative estimate of drug-likeness (QED) is 0.886. The first kappa shape index (κ1) is 16.8. The molecule has 6 nitrogen and oxygen atoms in total. The Kier molecular flexibility index (Phi) is 4.62. The molecule has 6 heteroatoms. The molecule has 0 saturated heterocycles. The van der Waals surface area contributed by atoms with Crippen molar-refractivity contribution in [3.8, 4) is 12.0 Å². The van der Waals surface area contributed by atoms with Gasteiger partial charge in [0.2, 0.25) is 5.88 Å². The molecule has 122 valence electrons. The SMILES string of the molecule is Cc1oc(-n2cccc2)c(C#N)c1C(=O)NCC(C)(O)C(C)C. The predicted octanol–water partition coefficient (Wildman–Crippen LogP) is 2.39. The standard InChI is InChI=1S/C17H21N3O3/c1-11(2)17(4,22)10-19-15(21)14-12(3)23-16(13(14)9-18)20-7-5-6-8-20/h5-8,11,22H,10H2,1-4H3,(H,19,21). The molecule has 0 radical (unpaired) electrons. The Labute approximate surface area is 135 Å². The molecule has 0 aliphatic carbocycles. The van der Waals surface area contributed by atoms with Gasteiger partial charge >= 0.3 is 0 Å². The summed E-state index contributed by atoms with van der Waals surface area (Å²) in [4.78, 5) is 12.5. The first-order chi connectivity index (χ1) is 10.8. The number of rotatable bonds is 5. The van der Waals surface area contributed by atoms with Crippen LogP contribution in [0.25, 0.3) is 5.88 Å². The van der Waals surface area contributed by atoms with Crippen LogP contribution in [-0.4, -0.2) is 27.7 Å². The van der Waals surface area contributed by atoms with Crippen molar-refractivity contribution in [1.29, 1.82) is 5.26 Å². The zero-order valence-electron chi connectivity index (χ0n) is 13.8. The van der Waals surface area contributed by atoms with E-state index in [2.05, 4.69) is 5.32 Å². The normalized spacial score (nSPS) is 13.6. The van der Waals surface area contributed by atoms with Gasteiger partial charge in [-0.25, -0.2) is 0 Å². The molecule has 2 N–H and O–H groups in total. The van der Waals surface area contributed by atoms with Crippen molar-refractivity contribution in [2.24, 2.45) is 5.92 Å². The fraction of sp³-hybridized carbons (Fsp3) is 0.412. The number of carbonyl (C=O) groups excluding carboxylic acids is 1. The van der Waals surface area contributed by atoms with E-state index < -0.39 is 11.5 Å². The van der Waals surface area contributed by atoms with E-state index in [9.17, 15) is 15.2 Å². The number of aryl methyl sites for hydroxylation is 1. The summed E-state index contributed by atoms with van der Waals surface area (Å²) in [6.45, 7) is 7.15. The number of aromatic nitrogens is 1. The van der Waals surface area contributed by atoms with Gasteiger partial charge in [0, 0.05) is 18.9 Å². The Bertz CT molecular complexity index is 734. The van der Waals surface area contributed by atoms with Crippen LogP contribution >= 0.6 is 0 Å². The zero-order valence-corrected chi connectivity index (χ0v) is 13.8. The van der Waals surface area contributed by atoms with E-state index in [1.54, 1.807) is 42.9 Å². The molecule has 2 aromatic heterocycles. The van der Waals surface area contributed by atoms with E-state index in [1.807, 2.05) is 19.9 Å². The molecule has 2 heterocycles. The maximum absolute atomic E-state index is 12.5. The highest BCUT2D eigenvalue weighted by Crippen LogP contribution is 2.25. The lowest BCUT2D eigenvalue weighted by Crippen LogP contribution is -2.44. The van der Waals surface area contributed by atoms with Gasteiger partial charge in [0.25, 0.3) is 5.91 Å². The summed E-state index contributed by atoms with van der Waals surface area (Å²) in [5.74, 6) is 0.240. The zero-order chi connectivity index (χ0) is 17.2. The number of amides is 1. The second-order valence-corrected chi connectivity index (χ2v) is 6.11. The van der Waals surface area contributed by atoms with Crippen molar-refractivity contribution < 1.29 is 14.3 Å². The highest BCUT2D eigenvalue weighted by molar-refractivity contribution is 5.98. The van der Waals surface area contributed by atoms with Crippen molar-refractivity contribution in [1.82, 2.24) is 9.88 Å². The van der Waals surface area contributed by atoms with Gasteiger partial charge in [-0.15, -0.1) is 0 Å². The molecule has 1 amide bonds. The fourth-order valence-electron chi connectivity index (χ4n) is 2.11. The molecule has 0 spiro atoms. The molecule has 2 rings (SSSR count). The molecule has 2 aromatic rings. The average Bonchev–Trinajstić information content (AvgIpc) is 3.11. The third-order valence-corrected chi connectivity index (χ3v) is 4.09. The monoisotopic (exact) mass is 315 g/mol. The maximum Gasteiger partial charge on any atom is 0.256 e. The summed E-state index contributed by atoms with van der Waals surface area (Å²) in [5.41, 5.74) is -0.639. The Hall–Kier alpha value is -2.52. The molecular formula is C17H21N3O3. The second-order valence-electron chi connectivity index (χ2n) is 6.11. The van der Waals surface area contributed by atoms with Gasteiger partial charge in [0.1, 0.15) is 23.0 Å². The van der Waals surface area contributed by atoms with E-state index in [4.69, 9.17) is 4.42 Å². The predicted molar refractivity (Wildman–Crippen MR) is 85.3 cm³/mol. The van der Waals surface area contributed by atoms with E-state index in [1.165, 1.54) is 0 Å². The summed E-state index contributed by atoms with van der Waals surface area (Å²) >= 11 is 0. The summed E-state index contributed by atoms with van der Waals surface area (Å²) in [6.07, 6.45) is 3.48. The number of nitrogens with zero attached hydrogens (tertiary/aromatic N) is 2. The third kappa shape index (κ3) is 3.30. The van der Waals surface area contributed by atoms with E-state index >= 15 is 0 Å². The summed E-state index contributed by atoms with van der Waals surface area (Å²) in [7, 11) is 0. The Balaban J connectivity index is 2.30. The first-order valence-corrected chi connectivity index (χ1v) is 7.45. The molecule has 1 unspecified atom stereocenters. The number of hydrogen-bond donors (Lipinski definition) is 2. The van der Waals surface area contributed by atoms with E-state index in [-0.39, 0.29) is 23.6 Å². The average molecular weight is 315 g/mol. The number of furan rings is 1. The highest BCUT2D eigenvalue weighted by atomic mass is 16.4. The molecular weight excluding hydrogens is 294 g/mol. The molecule has 0 saturated carbocycles. The Morgan fingerprint density at radius 2 is 2.09 bits per heavy atom. The van der Waals surface area contributed by atoms with Crippen molar-refractivity contribution in [2.75, 3.05) is 6.54 Å². The second kappa shape index (κ2) is 6.31. The lowest BCUT2D eigenvalue weighted by Gasteiger charge is -2.27. The molecule has 0 bridgehead atoms. The van der Waals surface area contributed by atoms with Gasteiger partial charge in [0.05, 0.1) is 5.60 Å². The van der Waals surface area contributed by atoms with Crippen LogP contribution in [0.1, 0.15) is 42.5 Å². The molecule has 0 fully saturated rings. The van der Waals surface area contributed by atoms with Crippen LogP contribution in [0.5, 0.6) is 0 Å². The van der Waals surface area contributed by atoms with Crippen LogP contribution in [0, 0.1) is 24.2 Å². The largest absolute Gasteiger partial charge is 0.443 e. The number of carbonyl (C=O) groups is 1. The topological polar surface area (TPSA) is 91.2 Å². The lowest BCUT2D eigenvalue weighted by molar-refractivity contribution is 0.0142.